The van der Waals surface area contributed by atoms with Gasteiger partial charge in [0.15, 0.2) is 0 Å². The lowest BCUT2D eigenvalue weighted by molar-refractivity contribution is -0.130. The molecule has 148 valence electrons. The highest BCUT2D eigenvalue weighted by molar-refractivity contribution is 5.88. The summed E-state index contributed by atoms with van der Waals surface area (Å²) >= 11 is 0. The van der Waals surface area contributed by atoms with E-state index in [-0.39, 0.29) is 17.5 Å². The summed E-state index contributed by atoms with van der Waals surface area (Å²) in [6.45, 7) is 1.82. The van der Waals surface area contributed by atoms with Crippen molar-refractivity contribution in [1.29, 1.82) is 0 Å². The molecule has 28 heavy (non-hydrogen) atoms. The third-order valence-electron chi connectivity index (χ3n) is 4.75. The van der Waals surface area contributed by atoms with E-state index in [1.54, 1.807) is 48.8 Å². The van der Waals surface area contributed by atoms with Gasteiger partial charge in [-0.2, -0.15) is 0 Å². The van der Waals surface area contributed by atoms with Crippen molar-refractivity contribution in [2.75, 3.05) is 51.0 Å². The van der Waals surface area contributed by atoms with Crippen LogP contribution in [0, 0.1) is 0 Å². The molecule has 2 aromatic heterocycles. The third-order valence-corrected chi connectivity index (χ3v) is 4.75. The first kappa shape index (κ1) is 19.6. The van der Waals surface area contributed by atoms with E-state index in [0.717, 1.165) is 5.56 Å². The van der Waals surface area contributed by atoms with Crippen LogP contribution in [0.5, 0.6) is 0 Å². The van der Waals surface area contributed by atoms with Crippen molar-refractivity contribution in [2.24, 2.45) is 0 Å². The molecule has 1 amide bonds. The van der Waals surface area contributed by atoms with Gasteiger partial charge in [-0.1, -0.05) is 6.08 Å². The van der Waals surface area contributed by atoms with Crippen LogP contribution in [0.2, 0.25) is 0 Å². The lowest BCUT2D eigenvalue weighted by atomic mass is 10.1. The number of nitrogens with zero attached hydrogens (tertiary/aromatic N) is 4. The van der Waals surface area contributed by atoms with Crippen LogP contribution in [0.3, 0.4) is 0 Å². The summed E-state index contributed by atoms with van der Waals surface area (Å²) in [5, 5.41) is 5.91. The zero-order valence-corrected chi connectivity index (χ0v) is 16.3. The van der Waals surface area contributed by atoms with Gasteiger partial charge in [-0.05, 0) is 13.1 Å². The second kappa shape index (κ2) is 8.66. The Kier molecular flexibility index (Phi) is 6.05. The number of pyridine rings is 1. The highest BCUT2D eigenvalue weighted by Crippen LogP contribution is 2.23. The van der Waals surface area contributed by atoms with Crippen LogP contribution in [-0.4, -0.2) is 72.6 Å². The molecular weight excluding hydrogens is 358 g/mol. The van der Waals surface area contributed by atoms with Gasteiger partial charge in [0.25, 0.3) is 5.56 Å². The van der Waals surface area contributed by atoms with E-state index >= 15 is 0 Å². The van der Waals surface area contributed by atoms with Gasteiger partial charge in [0, 0.05) is 51.6 Å². The van der Waals surface area contributed by atoms with Crippen LogP contribution in [-0.2, 0) is 4.79 Å². The minimum atomic E-state index is -0.178. The minimum Gasteiger partial charge on any atom is -0.372 e. The van der Waals surface area contributed by atoms with Crippen molar-refractivity contribution in [2.45, 2.75) is 6.04 Å². The topological polar surface area (TPSA) is 106 Å². The molecule has 0 unspecified atom stereocenters. The summed E-state index contributed by atoms with van der Waals surface area (Å²) in [7, 11) is 5.47. The van der Waals surface area contributed by atoms with Gasteiger partial charge in [-0.3, -0.25) is 14.6 Å². The molecule has 0 saturated carbocycles. The Bertz CT molecular complexity index is 918. The molecule has 0 aromatic carbocycles. The fraction of sp³-hybridized carbons (Fsp3) is 0.368. The standard InChI is InChI=1S/C19H25N7O2/c1-20-6-4-5-18(27)26-11-14(12-26)25(3)16-7-13(8-23-19(16)28)15-9-22-10-17(21-2)24-15/h4-5,7-10,14,20H,6,11-12H2,1-3H3,(H,21,24)(H,23,28)/b5-4+. The third kappa shape index (κ3) is 4.20. The summed E-state index contributed by atoms with van der Waals surface area (Å²) in [6.07, 6.45) is 8.29. The molecule has 9 nitrogen and oxygen atoms in total. The molecule has 3 N–H and O–H groups in total. The van der Waals surface area contributed by atoms with Crippen molar-refractivity contribution in [3.8, 4) is 11.3 Å². The second-order valence-electron chi connectivity index (χ2n) is 6.61. The number of amides is 1. The maximum atomic E-state index is 12.4. The van der Waals surface area contributed by atoms with E-state index in [0.29, 0.717) is 36.8 Å². The van der Waals surface area contributed by atoms with Gasteiger partial charge in [-0.25, -0.2) is 4.98 Å². The molecule has 1 aliphatic heterocycles. The van der Waals surface area contributed by atoms with Crippen molar-refractivity contribution >= 4 is 17.4 Å². The molecule has 2 aromatic rings. The van der Waals surface area contributed by atoms with E-state index < -0.39 is 0 Å². The lowest BCUT2D eigenvalue weighted by Gasteiger charge is -2.44. The Morgan fingerprint density at radius 1 is 1.39 bits per heavy atom. The van der Waals surface area contributed by atoms with Crippen molar-refractivity contribution in [3.05, 3.63) is 47.2 Å². The van der Waals surface area contributed by atoms with Crippen molar-refractivity contribution in [1.82, 2.24) is 25.2 Å². The molecule has 3 rings (SSSR count). The monoisotopic (exact) mass is 383 g/mol. The van der Waals surface area contributed by atoms with Gasteiger partial charge in [-0.15, -0.1) is 0 Å². The Morgan fingerprint density at radius 3 is 2.89 bits per heavy atom. The Hall–Kier alpha value is -3.20. The Balaban J connectivity index is 1.72. The number of aromatic nitrogens is 3. The fourth-order valence-corrected chi connectivity index (χ4v) is 2.97. The number of nitrogens with one attached hydrogen (secondary N) is 3. The molecule has 0 bridgehead atoms. The average Bonchev–Trinajstić information content (AvgIpc) is 2.67. The van der Waals surface area contributed by atoms with Gasteiger partial charge < -0.3 is 25.4 Å². The van der Waals surface area contributed by atoms with Gasteiger partial charge in [0.05, 0.1) is 24.1 Å². The first-order valence-electron chi connectivity index (χ1n) is 9.09. The molecule has 0 atom stereocenters. The molecule has 3 heterocycles. The molecule has 1 fully saturated rings. The number of likely N-dealkylation sites (tertiary alicyclic amines) is 1. The van der Waals surface area contributed by atoms with Gasteiger partial charge in [0.1, 0.15) is 11.5 Å². The van der Waals surface area contributed by atoms with Crippen LogP contribution in [0.1, 0.15) is 0 Å². The summed E-state index contributed by atoms with van der Waals surface area (Å²) in [5.41, 5.74) is 1.80. The van der Waals surface area contributed by atoms with Crippen LogP contribution < -0.4 is 21.1 Å². The summed E-state index contributed by atoms with van der Waals surface area (Å²) in [5.74, 6) is 0.639. The fourth-order valence-electron chi connectivity index (χ4n) is 2.97. The molecule has 1 aliphatic rings. The minimum absolute atomic E-state index is 0.0123. The maximum Gasteiger partial charge on any atom is 0.271 e. The van der Waals surface area contributed by atoms with Crippen molar-refractivity contribution < 1.29 is 4.79 Å². The number of H-pyrrole nitrogens is 1. The normalized spacial score (nSPS) is 14.2. The predicted octanol–water partition coefficient (Wildman–Crippen LogP) is 0.296. The number of hydrogen-bond acceptors (Lipinski definition) is 7. The molecule has 0 spiro atoms. The number of likely N-dealkylation sites (N-methyl/N-ethyl adjacent to an activating group) is 2. The van der Waals surface area contributed by atoms with Crippen LogP contribution >= 0.6 is 0 Å². The summed E-state index contributed by atoms with van der Waals surface area (Å²) in [6, 6.07) is 1.90. The number of aromatic amines is 1. The average molecular weight is 383 g/mol. The number of rotatable bonds is 7. The van der Waals surface area contributed by atoms with Gasteiger partial charge in [0.2, 0.25) is 5.91 Å². The first-order chi connectivity index (χ1) is 13.5. The predicted molar refractivity (Wildman–Crippen MR) is 109 cm³/mol. The number of anilines is 2. The highest BCUT2D eigenvalue weighted by Gasteiger charge is 2.33. The van der Waals surface area contributed by atoms with Crippen LogP contribution in [0.4, 0.5) is 11.5 Å². The number of carbonyl (C=O) groups is 1. The lowest BCUT2D eigenvalue weighted by Crippen LogP contribution is -2.60. The van der Waals surface area contributed by atoms with E-state index in [1.165, 1.54) is 0 Å². The molecule has 0 radical (unpaired) electrons. The molecule has 0 aliphatic carbocycles. The van der Waals surface area contributed by atoms with Crippen LogP contribution in [0.25, 0.3) is 11.3 Å². The largest absolute Gasteiger partial charge is 0.372 e. The van der Waals surface area contributed by atoms with Crippen molar-refractivity contribution in [3.63, 3.8) is 0 Å². The van der Waals surface area contributed by atoms with E-state index in [4.69, 9.17) is 0 Å². The first-order valence-corrected chi connectivity index (χ1v) is 9.09. The Morgan fingerprint density at radius 2 is 2.18 bits per heavy atom. The SMILES string of the molecule is CNC/C=C/C(=O)N1CC(N(C)c2cc(-c3cncc(NC)n3)c[nH]c2=O)C1. The zero-order valence-electron chi connectivity index (χ0n) is 16.3. The van der Waals surface area contributed by atoms with Gasteiger partial charge >= 0.3 is 0 Å². The molecule has 1 saturated heterocycles. The van der Waals surface area contributed by atoms with Crippen LogP contribution in [0.15, 0.2) is 41.6 Å². The smallest absolute Gasteiger partial charge is 0.271 e. The molecule has 9 heteroatoms. The number of hydrogen-bond donors (Lipinski definition) is 3. The van der Waals surface area contributed by atoms with E-state index in [1.807, 2.05) is 19.0 Å². The number of carbonyl (C=O) groups excluding carboxylic acids is 1. The van der Waals surface area contributed by atoms with E-state index in [2.05, 4.69) is 25.6 Å². The summed E-state index contributed by atoms with van der Waals surface area (Å²) < 4.78 is 0. The zero-order chi connectivity index (χ0) is 20.1. The second-order valence-corrected chi connectivity index (χ2v) is 6.61. The Labute approximate surface area is 163 Å². The highest BCUT2D eigenvalue weighted by atomic mass is 16.2. The maximum absolute atomic E-state index is 12.4. The molecular formula is C19H25N7O2. The summed E-state index contributed by atoms with van der Waals surface area (Å²) in [4.78, 5) is 39.5. The van der Waals surface area contributed by atoms with E-state index in [9.17, 15) is 9.59 Å². The quantitative estimate of drug-likeness (QED) is 0.590.